The van der Waals surface area contributed by atoms with Gasteiger partial charge in [0.15, 0.2) is 0 Å². The monoisotopic (exact) mass is 305 g/mol. The number of ether oxygens (including phenoxy) is 1. The van der Waals surface area contributed by atoms with Crippen molar-refractivity contribution in [2.45, 2.75) is 26.2 Å². The Kier molecular flexibility index (Phi) is 5.16. The number of amides is 1. The fraction of sp³-hybridized carbons (Fsp3) is 0.353. The van der Waals surface area contributed by atoms with Crippen molar-refractivity contribution >= 4 is 11.6 Å². The molecule has 0 aromatic heterocycles. The van der Waals surface area contributed by atoms with Gasteiger partial charge in [0.1, 0.15) is 12.4 Å². The Morgan fingerprint density at radius 3 is 2.86 bits per heavy atom. The third-order valence-electron chi connectivity index (χ3n) is 3.40. The maximum absolute atomic E-state index is 12.7. The molecule has 116 valence electrons. The van der Waals surface area contributed by atoms with E-state index in [-0.39, 0.29) is 18.9 Å². The third-order valence-corrected chi connectivity index (χ3v) is 3.40. The molecule has 3 nitrogen and oxygen atoms in total. The predicted octanol–water partition coefficient (Wildman–Crippen LogP) is 3.24. The quantitative estimate of drug-likeness (QED) is 0.782. The van der Waals surface area contributed by atoms with Gasteiger partial charge in [-0.25, -0.2) is 8.78 Å². The van der Waals surface area contributed by atoms with Crippen LogP contribution in [0.1, 0.15) is 24.0 Å². The van der Waals surface area contributed by atoms with E-state index in [1.54, 1.807) is 18.2 Å². The van der Waals surface area contributed by atoms with Crippen molar-refractivity contribution in [3.8, 4) is 18.1 Å². The number of carbonyl (C=O) groups excluding carboxylic acids is 1. The number of hydrogen-bond donors (Lipinski definition) is 0. The van der Waals surface area contributed by atoms with E-state index in [1.807, 2.05) is 13.0 Å². The van der Waals surface area contributed by atoms with Gasteiger partial charge in [-0.2, -0.15) is 0 Å². The first-order chi connectivity index (χ1) is 10.5. The van der Waals surface area contributed by atoms with Gasteiger partial charge in [0, 0.05) is 17.7 Å². The summed E-state index contributed by atoms with van der Waals surface area (Å²) in [6.07, 6.45) is 5.22. The number of halogens is 2. The molecule has 1 aromatic carbocycles. The molecule has 0 radical (unpaired) electrons. The SMILES string of the molecule is C#CCOc1ccc(C2=CCCC(=O)N2CC(F)F)c(C)c1. The summed E-state index contributed by atoms with van der Waals surface area (Å²) in [6.45, 7) is 1.43. The molecule has 0 spiro atoms. The summed E-state index contributed by atoms with van der Waals surface area (Å²) in [5.41, 5.74) is 2.13. The minimum Gasteiger partial charge on any atom is -0.481 e. The van der Waals surface area contributed by atoms with Crippen LogP contribution in [-0.2, 0) is 4.79 Å². The van der Waals surface area contributed by atoms with Crippen LogP contribution >= 0.6 is 0 Å². The number of rotatable bonds is 5. The fourth-order valence-electron chi connectivity index (χ4n) is 2.44. The molecule has 0 atom stereocenters. The zero-order valence-corrected chi connectivity index (χ0v) is 12.3. The smallest absolute Gasteiger partial charge is 0.256 e. The lowest BCUT2D eigenvalue weighted by Gasteiger charge is -2.29. The Bertz CT molecular complexity index is 632. The molecule has 1 aliphatic heterocycles. The second-order valence-corrected chi connectivity index (χ2v) is 4.99. The van der Waals surface area contributed by atoms with Crippen LogP contribution in [0, 0.1) is 19.3 Å². The molecule has 1 aliphatic rings. The highest BCUT2D eigenvalue weighted by atomic mass is 19.3. The van der Waals surface area contributed by atoms with Crippen molar-refractivity contribution < 1.29 is 18.3 Å². The summed E-state index contributed by atoms with van der Waals surface area (Å²) in [5.74, 6) is 2.72. The van der Waals surface area contributed by atoms with Crippen LogP contribution in [0.15, 0.2) is 24.3 Å². The third kappa shape index (κ3) is 3.64. The second-order valence-electron chi connectivity index (χ2n) is 4.99. The number of allylic oxidation sites excluding steroid dienone is 1. The van der Waals surface area contributed by atoms with Gasteiger partial charge >= 0.3 is 0 Å². The van der Waals surface area contributed by atoms with Crippen LogP contribution in [0.2, 0.25) is 0 Å². The fourth-order valence-corrected chi connectivity index (χ4v) is 2.44. The number of aryl methyl sites for hydroxylation is 1. The molecule has 2 rings (SSSR count). The number of alkyl halides is 2. The Hall–Kier alpha value is -2.35. The van der Waals surface area contributed by atoms with Crippen molar-refractivity contribution in [2.75, 3.05) is 13.2 Å². The Balaban J connectivity index is 2.30. The first-order valence-electron chi connectivity index (χ1n) is 6.99. The molecule has 0 saturated heterocycles. The Morgan fingerprint density at radius 2 is 2.23 bits per heavy atom. The van der Waals surface area contributed by atoms with Crippen molar-refractivity contribution in [1.82, 2.24) is 4.90 Å². The van der Waals surface area contributed by atoms with Gasteiger partial charge in [0.05, 0.1) is 6.54 Å². The summed E-state index contributed by atoms with van der Waals surface area (Å²) in [5, 5.41) is 0. The average molecular weight is 305 g/mol. The molecule has 5 heteroatoms. The number of benzene rings is 1. The molecule has 0 saturated carbocycles. The average Bonchev–Trinajstić information content (AvgIpc) is 2.47. The number of carbonyl (C=O) groups is 1. The Labute approximate surface area is 128 Å². The van der Waals surface area contributed by atoms with E-state index in [2.05, 4.69) is 5.92 Å². The molecule has 22 heavy (non-hydrogen) atoms. The lowest BCUT2D eigenvalue weighted by atomic mass is 10.00. The largest absolute Gasteiger partial charge is 0.481 e. The first kappa shape index (κ1) is 16.0. The van der Waals surface area contributed by atoms with Crippen LogP contribution in [0.5, 0.6) is 5.75 Å². The predicted molar refractivity (Wildman–Crippen MR) is 80.4 cm³/mol. The molecule has 0 unspecified atom stereocenters. The highest BCUT2D eigenvalue weighted by Gasteiger charge is 2.26. The summed E-state index contributed by atoms with van der Waals surface area (Å²) in [7, 11) is 0. The van der Waals surface area contributed by atoms with Crippen LogP contribution in [0.3, 0.4) is 0 Å². The molecule has 0 N–H and O–H groups in total. The van der Waals surface area contributed by atoms with Gasteiger partial charge in [-0.05, 0) is 37.1 Å². The Morgan fingerprint density at radius 1 is 1.45 bits per heavy atom. The second kappa shape index (κ2) is 7.08. The van der Waals surface area contributed by atoms with Crippen LogP contribution in [0.4, 0.5) is 8.78 Å². The molecule has 1 aromatic rings. The van der Waals surface area contributed by atoms with Crippen molar-refractivity contribution in [2.24, 2.45) is 0 Å². The zero-order valence-electron chi connectivity index (χ0n) is 12.3. The summed E-state index contributed by atoms with van der Waals surface area (Å²) in [4.78, 5) is 13.1. The molecule has 0 bridgehead atoms. The summed E-state index contributed by atoms with van der Waals surface area (Å²) >= 11 is 0. The van der Waals surface area contributed by atoms with Gasteiger partial charge in [0.2, 0.25) is 5.91 Å². The first-order valence-corrected chi connectivity index (χ1v) is 6.99. The van der Waals surface area contributed by atoms with Crippen molar-refractivity contribution in [1.29, 1.82) is 0 Å². The van der Waals surface area contributed by atoms with E-state index in [0.29, 0.717) is 17.9 Å². The molecular weight excluding hydrogens is 288 g/mol. The van der Waals surface area contributed by atoms with E-state index in [1.165, 1.54) is 4.90 Å². The van der Waals surface area contributed by atoms with E-state index >= 15 is 0 Å². The minimum absolute atomic E-state index is 0.164. The lowest BCUT2D eigenvalue weighted by Crippen LogP contribution is -2.35. The van der Waals surface area contributed by atoms with Crippen LogP contribution in [-0.4, -0.2) is 30.4 Å². The minimum atomic E-state index is -2.57. The molecule has 1 amide bonds. The van der Waals surface area contributed by atoms with E-state index in [0.717, 1.165) is 11.1 Å². The topological polar surface area (TPSA) is 29.5 Å². The van der Waals surface area contributed by atoms with E-state index in [4.69, 9.17) is 11.2 Å². The van der Waals surface area contributed by atoms with Gasteiger partial charge < -0.3 is 9.64 Å². The summed E-state index contributed by atoms with van der Waals surface area (Å²) < 4.78 is 30.8. The van der Waals surface area contributed by atoms with Gasteiger partial charge in [-0.3, -0.25) is 4.79 Å². The molecule has 0 aliphatic carbocycles. The normalized spacial score (nSPS) is 14.8. The standard InChI is InChI=1S/C17H17F2NO2/c1-3-9-22-13-7-8-14(12(2)10-13)15-5-4-6-17(21)20(15)11-16(18)19/h1,5,7-8,10,16H,4,6,9,11H2,2H3. The van der Waals surface area contributed by atoms with E-state index in [9.17, 15) is 13.6 Å². The zero-order chi connectivity index (χ0) is 16.1. The van der Waals surface area contributed by atoms with Crippen molar-refractivity contribution in [3.05, 3.63) is 35.4 Å². The molecule has 1 heterocycles. The maximum atomic E-state index is 12.7. The highest BCUT2D eigenvalue weighted by molar-refractivity contribution is 5.89. The van der Waals surface area contributed by atoms with Gasteiger partial charge in [0.25, 0.3) is 6.43 Å². The lowest BCUT2D eigenvalue weighted by molar-refractivity contribution is -0.129. The maximum Gasteiger partial charge on any atom is 0.256 e. The van der Waals surface area contributed by atoms with Gasteiger partial charge in [-0.1, -0.05) is 12.0 Å². The van der Waals surface area contributed by atoms with Crippen LogP contribution < -0.4 is 4.74 Å². The molecular formula is C17H17F2NO2. The van der Waals surface area contributed by atoms with Crippen LogP contribution in [0.25, 0.3) is 5.70 Å². The number of hydrogen-bond acceptors (Lipinski definition) is 2. The van der Waals surface area contributed by atoms with Gasteiger partial charge in [-0.15, -0.1) is 6.42 Å². The number of nitrogens with zero attached hydrogens (tertiary/aromatic N) is 1. The summed E-state index contributed by atoms with van der Waals surface area (Å²) in [6, 6.07) is 5.28. The van der Waals surface area contributed by atoms with Crippen molar-refractivity contribution in [3.63, 3.8) is 0 Å². The highest BCUT2D eigenvalue weighted by Crippen LogP contribution is 2.30. The number of terminal acetylenes is 1. The van der Waals surface area contributed by atoms with E-state index < -0.39 is 13.0 Å². The molecule has 0 fully saturated rings.